The van der Waals surface area contributed by atoms with E-state index in [4.69, 9.17) is 5.14 Å². The van der Waals surface area contributed by atoms with Crippen LogP contribution in [0.4, 0.5) is 0 Å². The van der Waals surface area contributed by atoms with Gasteiger partial charge in [0.15, 0.2) is 0 Å². The first kappa shape index (κ1) is 37.0. The van der Waals surface area contributed by atoms with E-state index >= 15 is 0 Å². The highest BCUT2D eigenvalue weighted by Crippen LogP contribution is 2.33. The van der Waals surface area contributed by atoms with E-state index in [2.05, 4.69) is 19.7 Å². The molecule has 46 heavy (non-hydrogen) atoms. The molecule has 0 unspecified atom stereocenters. The molecule has 0 saturated heterocycles. The lowest BCUT2D eigenvalue weighted by Crippen LogP contribution is -2.22. The first-order valence-corrected chi connectivity index (χ1v) is 18.5. The highest BCUT2D eigenvalue weighted by Gasteiger charge is 2.19. The summed E-state index contributed by atoms with van der Waals surface area (Å²) in [6.45, 7) is 7.61. The zero-order valence-corrected chi connectivity index (χ0v) is 29.5. The zero-order chi connectivity index (χ0) is 32.9. The lowest BCUT2D eigenvalue weighted by Gasteiger charge is -2.06. The predicted octanol–water partition coefficient (Wildman–Crippen LogP) is 4.89. The summed E-state index contributed by atoms with van der Waals surface area (Å²) in [4.78, 5) is 34.6. The van der Waals surface area contributed by atoms with Crippen LogP contribution in [0.15, 0.2) is 78.9 Å². The molecule has 0 aliphatic rings. The predicted molar refractivity (Wildman–Crippen MR) is 186 cm³/mol. The van der Waals surface area contributed by atoms with Gasteiger partial charge in [0.2, 0.25) is 20.0 Å². The van der Waals surface area contributed by atoms with Crippen LogP contribution in [0, 0.1) is 13.8 Å². The first-order valence-electron chi connectivity index (χ1n) is 13.8. The largest absolute Gasteiger partial charge is 0.326 e. The Morgan fingerprint density at radius 3 is 1.65 bits per heavy atom. The number of aryl methyl sites for hydroxylation is 4. The molecule has 5 N–H and O–H groups in total. The fourth-order valence-corrected chi connectivity index (χ4v) is 8.59. The van der Waals surface area contributed by atoms with Crippen molar-refractivity contribution in [2.45, 2.75) is 55.5 Å². The topological polar surface area (TPSA) is 185 Å². The van der Waals surface area contributed by atoms with E-state index < -0.39 is 20.0 Å². The third-order valence-corrected chi connectivity index (χ3v) is 12.4. The molecule has 0 saturated carbocycles. The van der Waals surface area contributed by atoms with E-state index in [1.807, 2.05) is 26.8 Å². The van der Waals surface area contributed by atoms with Crippen LogP contribution in [0.25, 0.3) is 20.9 Å². The molecular weight excluding hydrogens is 690 g/mol. The summed E-state index contributed by atoms with van der Waals surface area (Å²) in [5.41, 5.74) is 5.10. The Labute approximate surface area is 281 Å². The lowest BCUT2D eigenvalue weighted by molar-refractivity contribution is 0.583. The molecule has 0 amide bonds. The van der Waals surface area contributed by atoms with Gasteiger partial charge in [-0.1, -0.05) is 13.8 Å². The maximum atomic E-state index is 12.5. The average molecular weight is 724 g/mol. The minimum atomic E-state index is -3.68. The number of halogens is 1. The third kappa shape index (κ3) is 8.88. The van der Waals surface area contributed by atoms with Gasteiger partial charge in [0.05, 0.1) is 0 Å². The summed E-state index contributed by atoms with van der Waals surface area (Å²) in [6.07, 6.45) is 4.48. The number of aromatic amines is 2. The fraction of sp³-hybridized carbons (Fsp3) is 0.233. The summed E-state index contributed by atoms with van der Waals surface area (Å²) in [7, 11) is -7.29. The number of hydrogen-bond acceptors (Lipinski definition) is 9. The van der Waals surface area contributed by atoms with E-state index in [-0.39, 0.29) is 38.5 Å². The van der Waals surface area contributed by atoms with Gasteiger partial charge in [-0.15, -0.1) is 35.1 Å². The van der Waals surface area contributed by atoms with Gasteiger partial charge in [-0.25, -0.2) is 26.7 Å². The number of nitrogens with one attached hydrogen (secondary N) is 3. The third-order valence-electron chi connectivity index (χ3n) is 6.85. The van der Waals surface area contributed by atoms with Crippen molar-refractivity contribution in [3.8, 4) is 20.9 Å². The molecule has 11 nitrogen and oxygen atoms in total. The van der Waals surface area contributed by atoms with Crippen LogP contribution in [0.3, 0.4) is 0 Å². The Morgan fingerprint density at radius 2 is 1.22 bits per heavy atom. The normalized spacial score (nSPS) is 11.4. The molecule has 246 valence electrons. The Morgan fingerprint density at radius 1 is 0.761 bits per heavy atom. The van der Waals surface area contributed by atoms with Crippen LogP contribution in [-0.4, -0.2) is 31.8 Å². The highest BCUT2D eigenvalue weighted by atomic mass is 35.5. The molecular formula is C30H34ClN5O6S4. The second-order valence-corrected chi connectivity index (χ2v) is 15.9. The number of pyridine rings is 3. The summed E-state index contributed by atoms with van der Waals surface area (Å²) in [6, 6.07) is 13.7. The van der Waals surface area contributed by atoms with Crippen molar-refractivity contribution in [2.75, 3.05) is 0 Å². The molecule has 0 aliphatic carbocycles. The lowest BCUT2D eigenvalue weighted by atomic mass is 10.1. The second kappa shape index (κ2) is 15.4. The minimum absolute atomic E-state index is 0. The standard InChI is InChI=1S/C18H19N3O3S2.C12H14N2O3S2.ClH/c1-3-14-10-15(12(2)21-18(14)22)16-4-5-17(25-16)26(23,24)20-11-13-6-8-19-9-7-13;1-3-8-6-9(7(2)14-12(8)15)10-4-5-11(18-10)19(13,16)17;/h4-10,20H,3,11H2,1-2H3,(H,21,22);4-6H,3H2,1-2H3,(H,14,15)(H2,13,16,17);1H. The maximum Gasteiger partial charge on any atom is 0.251 e. The van der Waals surface area contributed by atoms with Gasteiger partial charge in [-0.2, -0.15) is 0 Å². The molecule has 0 spiro atoms. The van der Waals surface area contributed by atoms with Crippen molar-refractivity contribution < 1.29 is 16.8 Å². The van der Waals surface area contributed by atoms with Crippen molar-refractivity contribution in [3.05, 3.63) is 110 Å². The number of nitrogens with two attached hydrogens (primary N) is 1. The molecule has 0 radical (unpaired) electrons. The number of rotatable bonds is 9. The van der Waals surface area contributed by atoms with Gasteiger partial charge >= 0.3 is 0 Å². The molecule has 5 heterocycles. The summed E-state index contributed by atoms with van der Waals surface area (Å²) >= 11 is 2.28. The highest BCUT2D eigenvalue weighted by molar-refractivity contribution is 7.91. The molecule has 0 atom stereocenters. The van der Waals surface area contributed by atoms with Crippen molar-refractivity contribution in [1.82, 2.24) is 19.7 Å². The van der Waals surface area contributed by atoms with E-state index in [1.165, 1.54) is 17.4 Å². The molecule has 5 aromatic heterocycles. The maximum absolute atomic E-state index is 12.5. The summed E-state index contributed by atoms with van der Waals surface area (Å²) in [5.74, 6) is 0. The van der Waals surface area contributed by atoms with E-state index in [0.29, 0.717) is 29.7 Å². The number of hydrogen-bond donors (Lipinski definition) is 4. The fourth-order valence-electron chi connectivity index (χ4n) is 4.35. The van der Waals surface area contributed by atoms with Crippen LogP contribution in [0.2, 0.25) is 0 Å². The number of sulfonamides is 2. The quantitative estimate of drug-likeness (QED) is 0.167. The molecule has 16 heteroatoms. The van der Waals surface area contributed by atoms with Gasteiger partial charge in [-0.05, 0) is 80.8 Å². The molecule has 0 aromatic carbocycles. The first-order chi connectivity index (χ1) is 21.2. The summed E-state index contributed by atoms with van der Waals surface area (Å²) < 4.78 is 50.6. The van der Waals surface area contributed by atoms with Crippen LogP contribution < -0.4 is 21.0 Å². The van der Waals surface area contributed by atoms with Gasteiger partial charge in [0.25, 0.3) is 11.1 Å². The SMILES string of the molecule is CCc1cc(-c2ccc(S(=O)(=O)NCc3ccncc3)s2)c(C)[nH]c1=O.CCc1cc(-c2ccc(S(N)(=O)=O)s2)c(C)[nH]c1=O.Cl. The van der Waals surface area contributed by atoms with Crippen LogP contribution in [0.1, 0.15) is 41.9 Å². The Bertz CT molecular complexity index is 2160. The second-order valence-electron chi connectivity index (χ2n) is 9.99. The average Bonchev–Trinajstić information content (AvgIpc) is 3.69. The van der Waals surface area contributed by atoms with Crippen molar-refractivity contribution in [1.29, 1.82) is 0 Å². The number of aromatic nitrogens is 3. The number of thiophene rings is 2. The van der Waals surface area contributed by atoms with E-state index in [0.717, 1.165) is 43.5 Å². The number of nitrogens with zero attached hydrogens (tertiary/aromatic N) is 1. The van der Waals surface area contributed by atoms with Gasteiger partial charge in [0, 0.05) is 62.3 Å². The van der Waals surface area contributed by atoms with Crippen LogP contribution >= 0.6 is 35.1 Å². The van der Waals surface area contributed by atoms with Crippen molar-refractivity contribution in [2.24, 2.45) is 5.14 Å². The number of primary sulfonamides is 1. The number of H-pyrrole nitrogens is 2. The summed E-state index contributed by atoms with van der Waals surface area (Å²) in [5, 5.41) is 5.09. The minimum Gasteiger partial charge on any atom is -0.326 e. The van der Waals surface area contributed by atoms with Crippen LogP contribution in [0.5, 0.6) is 0 Å². The van der Waals surface area contributed by atoms with E-state index in [1.54, 1.807) is 55.7 Å². The molecule has 0 aliphatic heterocycles. The van der Waals surface area contributed by atoms with Gasteiger partial charge in [-0.3, -0.25) is 14.6 Å². The van der Waals surface area contributed by atoms with Crippen molar-refractivity contribution in [3.63, 3.8) is 0 Å². The van der Waals surface area contributed by atoms with Crippen molar-refractivity contribution >= 4 is 55.1 Å². The van der Waals surface area contributed by atoms with E-state index in [9.17, 15) is 26.4 Å². The smallest absolute Gasteiger partial charge is 0.251 e. The Balaban J connectivity index is 0.000000257. The monoisotopic (exact) mass is 723 g/mol. The molecule has 0 fully saturated rings. The zero-order valence-electron chi connectivity index (χ0n) is 25.4. The molecule has 5 rings (SSSR count). The Kier molecular flexibility index (Phi) is 12.4. The van der Waals surface area contributed by atoms with Gasteiger partial charge < -0.3 is 9.97 Å². The van der Waals surface area contributed by atoms with Gasteiger partial charge in [0.1, 0.15) is 8.42 Å². The molecule has 0 bridgehead atoms. The Hall–Kier alpha value is -3.44. The van der Waals surface area contributed by atoms with Crippen LogP contribution in [-0.2, 0) is 39.4 Å². The molecule has 5 aromatic rings.